The van der Waals surface area contributed by atoms with Gasteiger partial charge in [0.2, 0.25) is 0 Å². The van der Waals surface area contributed by atoms with Crippen molar-refractivity contribution in [2.45, 2.75) is 13.0 Å². The van der Waals surface area contributed by atoms with Crippen molar-refractivity contribution >= 4 is 0 Å². The Hall–Kier alpha value is -1.37. The standard InChI is InChI=1S/C10H12N2O/c1-7-2-8(5-11)4-9(3-7)10(12)6-13/h2-4,10,13H,6,12H2,1H3/t10-/m0/s1. The maximum atomic E-state index is 8.83. The molecule has 0 aromatic heterocycles. The van der Waals surface area contributed by atoms with Gasteiger partial charge in [-0.05, 0) is 30.2 Å². The van der Waals surface area contributed by atoms with E-state index in [9.17, 15) is 0 Å². The number of aryl methyl sites for hydroxylation is 1. The van der Waals surface area contributed by atoms with Crippen LogP contribution in [0.4, 0.5) is 0 Å². The first kappa shape index (κ1) is 9.72. The Balaban J connectivity index is 3.10. The van der Waals surface area contributed by atoms with Gasteiger partial charge in [-0.15, -0.1) is 0 Å². The molecule has 0 aliphatic heterocycles. The monoisotopic (exact) mass is 176 g/mol. The zero-order valence-electron chi connectivity index (χ0n) is 7.49. The first-order valence-electron chi connectivity index (χ1n) is 4.05. The lowest BCUT2D eigenvalue weighted by atomic mass is 10.0. The molecule has 68 valence electrons. The fourth-order valence-electron chi connectivity index (χ4n) is 1.20. The normalized spacial score (nSPS) is 12.2. The van der Waals surface area contributed by atoms with E-state index < -0.39 is 6.04 Å². The second-order valence-electron chi connectivity index (χ2n) is 3.03. The van der Waals surface area contributed by atoms with Crippen LogP contribution < -0.4 is 5.73 Å². The number of hydrogen-bond donors (Lipinski definition) is 2. The molecular weight excluding hydrogens is 164 g/mol. The molecule has 1 aromatic carbocycles. The predicted octanol–water partition coefficient (Wildman–Crippen LogP) is 0.859. The van der Waals surface area contributed by atoms with Gasteiger partial charge in [0.1, 0.15) is 0 Å². The molecule has 0 fully saturated rings. The first-order valence-corrected chi connectivity index (χ1v) is 4.05. The van der Waals surface area contributed by atoms with Gasteiger partial charge in [0.05, 0.1) is 24.3 Å². The van der Waals surface area contributed by atoms with Gasteiger partial charge >= 0.3 is 0 Å². The highest BCUT2D eigenvalue weighted by Crippen LogP contribution is 2.14. The minimum absolute atomic E-state index is 0.103. The Bertz CT molecular complexity index is 341. The smallest absolute Gasteiger partial charge is 0.0991 e. The number of aliphatic hydroxyl groups is 1. The van der Waals surface area contributed by atoms with Crippen LogP contribution in [-0.2, 0) is 0 Å². The Morgan fingerprint density at radius 1 is 1.54 bits per heavy atom. The molecule has 0 heterocycles. The third-order valence-corrected chi connectivity index (χ3v) is 1.85. The van der Waals surface area contributed by atoms with Crippen LogP contribution in [0, 0.1) is 18.3 Å². The molecule has 13 heavy (non-hydrogen) atoms. The number of rotatable bonds is 2. The molecule has 1 rings (SSSR count). The summed E-state index contributed by atoms with van der Waals surface area (Å²) in [5.74, 6) is 0. The highest BCUT2D eigenvalue weighted by atomic mass is 16.3. The van der Waals surface area contributed by atoms with E-state index in [1.165, 1.54) is 0 Å². The van der Waals surface area contributed by atoms with Gasteiger partial charge in [-0.1, -0.05) is 6.07 Å². The highest BCUT2D eigenvalue weighted by Gasteiger charge is 2.05. The van der Waals surface area contributed by atoms with Gasteiger partial charge in [0, 0.05) is 0 Å². The van der Waals surface area contributed by atoms with E-state index in [2.05, 4.69) is 0 Å². The minimum atomic E-state index is -0.396. The van der Waals surface area contributed by atoms with E-state index in [4.69, 9.17) is 16.1 Å². The van der Waals surface area contributed by atoms with Crippen LogP contribution in [0.25, 0.3) is 0 Å². The molecule has 0 spiro atoms. The summed E-state index contributed by atoms with van der Waals surface area (Å²) in [5, 5.41) is 17.5. The molecule has 3 heteroatoms. The van der Waals surface area contributed by atoms with Crippen LogP contribution in [-0.4, -0.2) is 11.7 Å². The maximum absolute atomic E-state index is 8.83. The van der Waals surface area contributed by atoms with Gasteiger partial charge in [0.15, 0.2) is 0 Å². The van der Waals surface area contributed by atoms with E-state index in [-0.39, 0.29) is 6.61 Å². The van der Waals surface area contributed by atoms with Crippen LogP contribution in [0.1, 0.15) is 22.7 Å². The number of benzene rings is 1. The predicted molar refractivity (Wildman–Crippen MR) is 49.9 cm³/mol. The molecule has 1 aromatic rings. The number of aliphatic hydroxyl groups excluding tert-OH is 1. The van der Waals surface area contributed by atoms with E-state index >= 15 is 0 Å². The topological polar surface area (TPSA) is 70.0 Å². The fourth-order valence-corrected chi connectivity index (χ4v) is 1.20. The van der Waals surface area contributed by atoms with Crippen molar-refractivity contribution in [2.75, 3.05) is 6.61 Å². The second-order valence-corrected chi connectivity index (χ2v) is 3.03. The van der Waals surface area contributed by atoms with E-state index in [1.807, 2.05) is 19.1 Å². The van der Waals surface area contributed by atoms with Gasteiger partial charge in [0.25, 0.3) is 0 Å². The second kappa shape index (κ2) is 4.04. The summed E-state index contributed by atoms with van der Waals surface area (Å²) >= 11 is 0. The molecule has 0 bridgehead atoms. The molecule has 1 atom stereocenters. The summed E-state index contributed by atoms with van der Waals surface area (Å²) < 4.78 is 0. The molecular formula is C10H12N2O. The molecule has 0 unspecified atom stereocenters. The summed E-state index contributed by atoms with van der Waals surface area (Å²) in [6, 6.07) is 7.02. The van der Waals surface area contributed by atoms with Crippen LogP contribution in [0.5, 0.6) is 0 Å². The van der Waals surface area contributed by atoms with Crippen LogP contribution in [0.2, 0.25) is 0 Å². The van der Waals surface area contributed by atoms with Crippen LogP contribution in [0.3, 0.4) is 0 Å². The lowest BCUT2D eigenvalue weighted by molar-refractivity contribution is 0.268. The molecule has 0 saturated heterocycles. The Morgan fingerprint density at radius 3 is 2.77 bits per heavy atom. The first-order chi connectivity index (χ1) is 6.17. The summed E-state index contributed by atoms with van der Waals surface area (Å²) in [4.78, 5) is 0. The summed E-state index contributed by atoms with van der Waals surface area (Å²) in [6.45, 7) is 1.79. The van der Waals surface area contributed by atoms with Gasteiger partial charge in [-0.2, -0.15) is 5.26 Å². The number of nitrogens with two attached hydrogens (primary N) is 1. The highest BCUT2D eigenvalue weighted by molar-refractivity contribution is 5.38. The van der Waals surface area contributed by atoms with Crippen molar-refractivity contribution < 1.29 is 5.11 Å². The van der Waals surface area contributed by atoms with Gasteiger partial charge in [-0.25, -0.2) is 0 Å². The zero-order valence-corrected chi connectivity index (χ0v) is 7.49. The number of hydrogen-bond acceptors (Lipinski definition) is 3. The third kappa shape index (κ3) is 2.28. The fraction of sp³-hybridized carbons (Fsp3) is 0.300. The molecule has 0 aliphatic rings. The molecule has 3 N–H and O–H groups in total. The molecule has 0 radical (unpaired) electrons. The molecule has 3 nitrogen and oxygen atoms in total. The maximum Gasteiger partial charge on any atom is 0.0991 e. The van der Waals surface area contributed by atoms with Crippen molar-refractivity contribution in [3.05, 3.63) is 34.9 Å². The summed E-state index contributed by atoms with van der Waals surface area (Å²) in [7, 11) is 0. The Kier molecular flexibility index (Phi) is 3.02. The number of nitrogens with zero attached hydrogens (tertiary/aromatic N) is 1. The number of nitriles is 1. The zero-order chi connectivity index (χ0) is 9.84. The van der Waals surface area contributed by atoms with Crippen molar-refractivity contribution in [3.63, 3.8) is 0 Å². The van der Waals surface area contributed by atoms with Crippen LogP contribution in [0.15, 0.2) is 18.2 Å². The van der Waals surface area contributed by atoms with E-state index in [0.717, 1.165) is 11.1 Å². The van der Waals surface area contributed by atoms with Crippen molar-refractivity contribution in [1.29, 1.82) is 5.26 Å². The summed E-state index contributed by atoms with van der Waals surface area (Å²) in [6.07, 6.45) is 0. The van der Waals surface area contributed by atoms with Crippen molar-refractivity contribution in [3.8, 4) is 6.07 Å². The van der Waals surface area contributed by atoms with E-state index in [0.29, 0.717) is 5.56 Å². The average Bonchev–Trinajstić information content (AvgIpc) is 2.15. The Labute approximate surface area is 77.4 Å². The molecule has 0 aliphatic carbocycles. The van der Waals surface area contributed by atoms with Crippen molar-refractivity contribution in [2.24, 2.45) is 5.73 Å². The van der Waals surface area contributed by atoms with Gasteiger partial charge in [-0.3, -0.25) is 0 Å². The lowest BCUT2D eigenvalue weighted by Gasteiger charge is -2.09. The summed E-state index contributed by atoms with van der Waals surface area (Å²) in [5.41, 5.74) is 8.00. The SMILES string of the molecule is Cc1cc(C#N)cc([C@@H](N)CO)c1. The molecule has 0 saturated carbocycles. The largest absolute Gasteiger partial charge is 0.394 e. The average molecular weight is 176 g/mol. The lowest BCUT2D eigenvalue weighted by Crippen LogP contribution is -2.14. The minimum Gasteiger partial charge on any atom is -0.394 e. The van der Waals surface area contributed by atoms with Crippen molar-refractivity contribution in [1.82, 2.24) is 0 Å². The van der Waals surface area contributed by atoms with Crippen LogP contribution >= 0.6 is 0 Å². The van der Waals surface area contributed by atoms with E-state index in [1.54, 1.807) is 12.1 Å². The van der Waals surface area contributed by atoms with Gasteiger partial charge < -0.3 is 10.8 Å². The molecule has 0 amide bonds. The quantitative estimate of drug-likeness (QED) is 0.702. The Morgan fingerprint density at radius 2 is 2.23 bits per heavy atom. The third-order valence-electron chi connectivity index (χ3n) is 1.85.